The summed E-state index contributed by atoms with van der Waals surface area (Å²) in [5.74, 6) is 0.410. The number of amides is 1. The molecule has 0 radical (unpaired) electrons. The number of hydrogen-bond donors (Lipinski definition) is 0. The highest BCUT2D eigenvalue weighted by Gasteiger charge is 2.30. The summed E-state index contributed by atoms with van der Waals surface area (Å²) in [5, 5.41) is 10.9. The molecule has 0 saturated carbocycles. The van der Waals surface area contributed by atoms with Crippen LogP contribution in [-0.4, -0.2) is 52.6 Å². The van der Waals surface area contributed by atoms with E-state index < -0.39 is 10.9 Å². The van der Waals surface area contributed by atoms with E-state index in [2.05, 4.69) is 0 Å². The molecular formula is C17H22N2O6S. The largest absolute Gasteiger partial charge is 0.484 e. The maximum absolute atomic E-state index is 12.3. The van der Waals surface area contributed by atoms with Crippen LogP contribution in [0.5, 0.6) is 5.75 Å². The summed E-state index contributed by atoms with van der Waals surface area (Å²) in [5.41, 5.74) is 0.684. The lowest BCUT2D eigenvalue weighted by Gasteiger charge is -2.23. The van der Waals surface area contributed by atoms with Crippen LogP contribution in [0, 0.1) is 17.0 Å². The maximum atomic E-state index is 12.3. The minimum Gasteiger partial charge on any atom is -0.484 e. The first kappa shape index (κ1) is 20.0. The Morgan fingerprint density at radius 2 is 2.15 bits per heavy atom. The third-order valence-corrected chi connectivity index (χ3v) is 5.04. The molecule has 1 atom stereocenters. The number of carbonyl (C=O) groups excluding carboxylic acids is 2. The van der Waals surface area contributed by atoms with Gasteiger partial charge in [-0.2, -0.15) is 0 Å². The summed E-state index contributed by atoms with van der Waals surface area (Å²) < 4.78 is 10.5. The number of nitro groups is 1. The van der Waals surface area contributed by atoms with Gasteiger partial charge in [-0.25, -0.2) is 0 Å². The van der Waals surface area contributed by atoms with Crippen LogP contribution in [0.2, 0.25) is 0 Å². The van der Waals surface area contributed by atoms with E-state index in [-0.39, 0.29) is 42.2 Å². The second-order valence-corrected chi connectivity index (χ2v) is 7.04. The highest BCUT2D eigenvalue weighted by molar-refractivity contribution is 8.00. The van der Waals surface area contributed by atoms with Gasteiger partial charge in [0.25, 0.3) is 0 Å². The Hall–Kier alpha value is -2.29. The molecule has 1 saturated heterocycles. The molecule has 0 aliphatic carbocycles. The lowest BCUT2D eigenvalue weighted by Crippen LogP contribution is -2.38. The Kier molecular flexibility index (Phi) is 7.26. The molecule has 0 bridgehead atoms. The monoisotopic (exact) mass is 382 g/mol. The summed E-state index contributed by atoms with van der Waals surface area (Å²) in [6.07, 6.45) is 0.130. The Labute approximate surface area is 156 Å². The van der Waals surface area contributed by atoms with Crippen LogP contribution in [0.3, 0.4) is 0 Å². The molecule has 1 aliphatic rings. The fourth-order valence-corrected chi connectivity index (χ4v) is 3.72. The second kappa shape index (κ2) is 9.42. The highest BCUT2D eigenvalue weighted by atomic mass is 32.2. The zero-order chi connectivity index (χ0) is 19.1. The van der Waals surface area contributed by atoms with Gasteiger partial charge in [-0.15, -0.1) is 11.8 Å². The van der Waals surface area contributed by atoms with Gasteiger partial charge in [0, 0.05) is 24.8 Å². The van der Waals surface area contributed by atoms with Crippen LogP contribution >= 0.6 is 11.8 Å². The highest BCUT2D eigenvalue weighted by Crippen LogP contribution is 2.30. The van der Waals surface area contributed by atoms with Crippen LogP contribution in [0.1, 0.15) is 25.3 Å². The number of aryl methyl sites for hydroxylation is 1. The average molecular weight is 382 g/mol. The summed E-state index contributed by atoms with van der Waals surface area (Å²) >= 11 is 1.55. The molecule has 8 nitrogen and oxygen atoms in total. The van der Waals surface area contributed by atoms with E-state index >= 15 is 0 Å². The second-order valence-electron chi connectivity index (χ2n) is 5.76. The van der Waals surface area contributed by atoms with Crippen LogP contribution in [0.4, 0.5) is 5.69 Å². The van der Waals surface area contributed by atoms with Crippen molar-refractivity contribution in [3.05, 3.63) is 33.9 Å². The van der Waals surface area contributed by atoms with Gasteiger partial charge in [0.05, 0.1) is 18.0 Å². The first-order valence-electron chi connectivity index (χ1n) is 8.37. The Balaban J connectivity index is 1.94. The molecule has 1 aromatic carbocycles. The molecule has 1 amide bonds. The third kappa shape index (κ3) is 5.35. The Morgan fingerprint density at radius 3 is 2.85 bits per heavy atom. The van der Waals surface area contributed by atoms with Crippen molar-refractivity contribution in [2.24, 2.45) is 0 Å². The van der Waals surface area contributed by atoms with E-state index in [0.717, 1.165) is 11.3 Å². The van der Waals surface area contributed by atoms with Crippen LogP contribution in [0.25, 0.3) is 0 Å². The summed E-state index contributed by atoms with van der Waals surface area (Å²) in [4.78, 5) is 36.1. The minimum atomic E-state index is -0.480. The van der Waals surface area contributed by atoms with E-state index in [1.165, 1.54) is 6.07 Å². The molecule has 26 heavy (non-hydrogen) atoms. The molecule has 9 heteroatoms. The number of nitro benzene ring substituents is 1. The molecule has 1 aromatic rings. The number of benzene rings is 1. The molecule has 142 valence electrons. The molecular weight excluding hydrogens is 360 g/mol. The predicted octanol–water partition coefficient (Wildman–Crippen LogP) is 2.53. The molecule has 1 heterocycles. The van der Waals surface area contributed by atoms with Crippen LogP contribution in [0.15, 0.2) is 18.2 Å². The van der Waals surface area contributed by atoms with Gasteiger partial charge in [-0.05, 0) is 25.5 Å². The van der Waals surface area contributed by atoms with Gasteiger partial charge in [0.2, 0.25) is 5.91 Å². The molecule has 1 unspecified atom stereocenters. The molecule has 0 N–H and O–H groups in total. The minimum absolute atomic E-state index is 0.0465. The van der Waals surface area contributed by atoms with Gasteiger partial charge in [0.15, 0.2) is 5.75 Å². The van der Waals surface area contributed by atoms with Crippen LogP contribution in [-0.2, 0) is 14.3 Å². The van der Waals surface area contributed by atoms with Gasteiger partial charge >= 0.3 is 11.7 Å². The molecule has 1 aliphatic heterocycles. The Bertz CT molecular complexity index is 681. The number of nitrogens with zero attached hydrogens (tertiary/aromatic N) is 2. The Morgan fingerprint density at radius 1 is 1.38 bits per heavy atom. The first-order chi connectivity index (χ1) is 12.4. The number of esters is 1. The first-order valence-corrected chi connectivity index (χ1v) is 9.41. The lowest BCUT2D eigenvalue weighted by atomic mass is 10.2. The van der Waals surface area contributed by atoms with Gasteiger partial charge < -0.3 is 14.4 Å². The van der Waals surface area contributed by atoms with E-state index in [9.17, 15) is 19.7 Å². The van der Waals surface area contributed by atoms with E-state index in [0.29, 0.717) is 13.2 Å². The van der Waals surface area contributed by atoms with E-state index in [1.54, 1.807) is 42.6 Å². The van der Waals surface area contributed by atoms with Crippen molar-refractivity contribution in [3.8, 4) is 5.75 Å². The van der Waals surface area contributed by atoms with Gasteiger partial charge in [0.1, 0.15) is 12.0 Å². The number of hydrogen-bond acceptors (Lipinski definition) is 7. The third-order valence-electron chi connectivity index (χ3n) is 3.85. The van der Waals surface area contributed by atoms with Gasteiger partial charge in [-0.1, -0.05) is 6.07 Å². The van der Waals surface area contributed by atoms with Crippen molar-refractivity contribution < 1.29 is 24.0 Å². The summed E-state index contributed by atoms with van der Waals surface area (Å²) in [6.45, 7) is 4.50. The lowest BCUT2D eigenvalue weighted by molar-refractivity contribution is -0.385. The van der Waals surface area contributed by atoms with Gasteiger partial charge in [-0.3, -0.25) is 19.7 Å². The number of thioether (sulfide) groups is 1. The standard InChI is InChI=1S/C17H22N2O6S/c1-3-24-17(21)7-6-15(20)18-8-9-26-16(18)11-25-14-5-4-12(2)10-13(14)19(22)23/h4-5,10,16H,3,6-9,11H2,1-2H3. The fourth-order valence-electron chi connectivity index (χ4n) is 2.58. The molecule has 1 fully saturated rings. The molecule has 0 aromatic heterocycles. The van der Waals surface area contributed by atoms with Crippen molar-refractivity contribution in [1.82, 2.24) is 4.90 Å². The zero-order valence-corrected chi connectivity index (χ0v) is 15.6. The average Bonchev–Trinajstić information content (AvgIpc) is 3.07. The molecule has 0 spiro atoms. The number of carbonyl (C=O) groups is 2. The smallest absolute Gasteiger partial charge is 0.311 e. The van der Waals surface area contributed by atoms with Crippen LogP contribution < -0.4 is 4.74 Å². The van der Waals surface area contributed by atoms with Crippen molar-refractivity contribution in [1.29, 1.82) is 0 Å². The summed E-state index contributed by atoms with van der Waals surface area (Å²) in [7, 11) is 0. The van der Waals surface area contributed by atoms with Crippen molar-refractivity contribution >= 4 is 29.3 Å². The topological polar surface area (TPSA) is 99.0 Å². The van der Waals surface area contributed by atoms with Crippen molar-refractivity contribution in [2.75, 3.05) is 25.5 Å². The number of ether oxygens (including phenoxy) is 2. The predicted molar refractivity (Wildman–Crippen MR) is 97.2 cm³/mol. The van der Waals surface area contributed by atoms with Crippen molar-refractivity contribution in [3.63, 3.8) is 0 Å². The molecule has 2 rings (SSSR count). The SMILES string of the molecule is CCOC(=O)CCC(=O)N1CCSC1COc1ccc(C)cc1[N+](=O)[O-]. The normalized spacial score (nSPS) is 16.4. The zero-order valence-electron chi connectivity index (χ0n) is 14.8. The van der Waals surface area contributed by atoms with Crippen molar-refractivity contribution in [2.45, 2.75) is 32.1 Å². The fraction of sp³-hybridized carbons (Fsp3) is 0.529. The van der Waals surface area contributed by atoms with E-state index in [1.807, 2.05) is 0 Å². The van der Waals surface area contributed by atoms with E-state index in [4.69, 9.17) is 9.47 Å². The summed E-state index contributed by atoms with van der Waals surface area (Å²) in [6, 6.07) is 4.77. The quantitative estimate of drug-likeness (QED) is 0.387. The number of rotatable bonds is 8. The maximum Gasteiger partial charge on any atom is 0.311 e.